The van der Waals surface area contributed by atoms with Crippen LogP contribution >= 0.6 is 15.9 Å². The molecule has 2 aromatic carbocycles. The molecule has 0 saturated carbocycles. The number of carbonyl (C=O) groups excluding carboxylic acids is 1. The Hall–Kier alpha value is -3.53. The molecule has 6 nitrogen and oxygen atoms in total. The minimum Gasteiger partial charge on any atom is -0.406 e. The Kier molecular flexibility index (Phi) is 7.83. The van der Waals surface area contributed by atoms with E-state index >= 15 is 0 Å². The van der Waals surface area contributed by atoms with Gasteiger partial charge >= 0.3 is 6.36 Å². The first-order valence-corrected chi connectivity index (χ1v) is 13.6. The van der Waals surface area contributed by atoms with Gasteiger partial charge in [-0.3, -0.25) is 9.20 Å². The van der Waals surface area contributed by atoms with Gasteiger partial charge in [-0.05, 0) is 88.6 Å². The molecular formula is C29H28BrF3N4O2. The number of nitrogens with zero attached hydrogens (tertiary/aromatic N) is 3. The van der Waals surface area contributed by atoms with Gasteiger partial charge in [0.1, 0.15) is 17.1 Å². The zero-order valence-electron chi connectivity index (χ0n) is 21.3. The van der Waals surface area contributed by atoms with Crippen LogP contribution in [0, 0.1) is 0 Å². The molecule has 0 atom stereocenters. The number of amides is 1. The average Bonchev–Trinajstić information content (AvgIpc) is 3.29. The summed E-state index contributed by atoms with van der Waals surface area (Å²) < 4.78 is 43.9. The van der Waals surface area contributed by atoms with E-state index in [0.29, 0.717) is 24.6 Å². The Morgan fingerprint density at radius 1 is 1.05 bits per heavy atom. The number of imidazole rings is 1. The van der Waals surface area contributed by atoms with Crippen LogP contribution in [0.15, 0.2) is 71.3 Å². The molecule has 1 amide bonds. The molecule has 0 bridgehead atoms. The molecule has 4 aromatic rings. The molecule has 0 aliphatic carbocycles. The van der Waals surface area contributed by atoms with Crippen molar-refractivity contribution < 1.29 is 22.7 Å². The van der Waals surface area contributed by atoms with E-state index < -0.39 is 6.36 Å². The Morgan fingerprint density at radius 3 is 2.38 bits per heavy atom. The average molecular weight is 601 g/mol. The van der Waals surface area contributed by atoms with Crippen molar-refractivity contribution in [3.63, 3.8) is 0 Å². The number of nitrogens with one attached hydrogen (secondary N) is 1. The summed E-state index contributed by atoms with van der Waals surface area (Å²) in [6.45, 7) is 4.09. The summed E-state index contributed by atoms with van der Waals surface area (Å²) in [4.78, 5) is 20.0. The number of aromatic nitrogens is 2. The number of halogens is 4. The highest BCUT2D eigenvalue weighted by molar-refractivity contribution is 9.10. The molecule has 39 heavy (non-hydrogen) atoms. The summed E-state index contributed by atoms with van der Waals surface area (Å²) in [7, 11) is 0. The van der Waals surface area contributed by atoms with Crippen LogP contribution in [-0.4, -0.2) is 34.7 Å². The zero-order chi connectivity index (χ0) is 27.6. The lowest BCUT2D eigenvalue weighted by molar-refractivity contribution is -0.274. The maximum Gasteiger partial charge on any atom is 0.573 e. The van der Waals surface area contributed by atoms with E-state index in [0.717, 1.165) is 58.6 Å². The fraction of sp³-hybridized carbons (Fsp3) is 0.310. The lowest BCUT2D eigenvalue weighted by Crippen LogP contribution is -2.32. The number of pyridine rings is 1. The van der Waals surface area contributed by atoms with Crippen molar-refractivity contribution in [2.45, 2.75) is 45.0 Å². The van der Waals surface area contributed by atoms with E-state index in [4.69, 9.17) is 0 Å². The molecule has 10 heteroatoms. The second-order valence-corrected chi connectivity index (χ2v) is 10.5. The van der Waals surface area contributed by atoms with E-state index in [1.54, 1.807) is 12.1 Å². The number of piperidine rings is 1. The summed E-state index contributed by atoms with van der Waals surface area (Å²) in [5.74, 6) is -0.0667. The minimum atomic E-state index is -4.68. The largest absolute Gasteiger partial charge is 0.573 e. The molecule has 2 aromatic heterocycles. The number of alkyl halides is 3. The third kappa shape index (κ3) is 6.38. The van der Waals surface area contributed by atoms with Crippen molar-refractivity contribution in [2.24, 2.45) is 0 Å². The summed E-state index contributed by atoms with van der Waals surface area (Å²) in [5, 5.41) is 3.03. The molecule has 1 aliphatic rings. The standard InChI is InChI=1S/C29H28BrF3N4O2/c1-2-25-27(37-18-22(30)7-12-26(37)35-25)28(38)34-17-19-3-8-23(9-4-19)36-15-13-21(14-16-36)20-5-10-24(11-6-20)39-29(31,32)33/h3-12,18,21H,2,13-17H2,1H3,(H,34,38). The summed E-state index contributed by atoms with van der Waals surface area (Å²) in [6.07, 6.45) is -0.352. The first-order chi connectivity index (χ1) is 18.7. The number of carbonyl (C=O) groups is 1. The fourth-order valence-electron chi connectivity index (χ4n) is 5.06. The number of fused-ring (bicyclic) bond motifs is 1. The van der Waals surface area contributed by atoms with Gasteiger partial charge in [0.2, 0.25) is 0 Å². The Labute approximate surface area is 232 Å². The van der Waals surface area contributed by atoms with Gasteiger partial charge in [-0.15, -0.1) is 13.2 Å². The normalized spacial score (nSPS) is 14.5. The van der Waals surface area contributed by atoms with Crippen LogP contribution in [0.5, 0.6) is 5.75 Å². The number of rotatable bonds is 7. The highest BCUT2D eigenvalue weighted by Gasteiger charge is 2.31. The maximum atomic E-state index is 13.1. The first kappa shape index (κ1) is 27.1. The predicted octanol–water partition coefficient (Wildman–Crippen LogP) is 6.87. The smallest absolute Gasteiger partial charge is 0.406 e. The molecule has 3 heterocycles. The topological polar surface area (TPSA) is 58.9 Å². The first-order valence-electron chi connectivity index (χ1n) is 12.8. The zero-order valence-corrected chi connectivity index (χ0v) is 22.9. The molecule has 5 rings (SSSR count). The summed E-state index contributed by atoms with van der Waals surface area (Å²) >= 11 is 3.47. The van der Waals surface area contributed by atoms with Crippen molar-refractivity contribution in [2.75, 3.05) is 18.0 Å². The van der Waals surface area contributed by atoms with Crippen LogP contribution in [0.1, 0.15) is 53.0 Å². The molecule has 1 aliphatic heterocycles. The third-order valence-corrected chi connectivity index (χ3v) is 7.51. The highest BCUT2D eigenvalue weighted by atomic mass is 79.9. The van der Waals surface area contributed by atoms with Gasteiger partial charge < -0.3 is 15.0 Å². The molecular weight excluding hydrogens is 573 g/mol. The SMILES string of the molecule is CCc1nc2ccc(Br)cn2c1C(=O)NCc1ccc(N2CCC(c3ccc(OC(F)(F)F)cc3)CC2)cc1. The number of ether oxygens (including phenoxy) is 1. The molecule has 1 N–H and O–H groups in total. The fourth-order valence-corrected chi connectivity index (χ4v) is 5.39. The number of benzene rings is 2. The number of hydrogen-bond acceptors (Lipinski definition) is 4. The second-order valence-electron chi connectivity index (χ2n) is 9.56. The summed E-state index contributed by atoms with van der Waals surface area (Å²) in [6, 6.07) is 18.2. The van der Waals surface area contributed by atoms with Crippen LogP contribution in [0.2, 0.25) is 0 Å². The van der Waals surface area contributed by atoms with Gasteiger partial charge in [0.05, 0.1) is 5.69 Å². The quantitative estimate of drug-likeness (QED) is 0.251. The van der Waals surface area contributed by atoms with Crippen molar-refractivity contribution >= 4 is 33.2 Å². The Morgan fingerprint density at radius 2 is 1.74 bits per heavy atom. The molecule has 204 valence electrons. The van der Waals surface area contributed by atoms with Gasteiger partial charge in [0.15, 0.2) is 0 Å². The summed E-state index contributed by atoms with van der Waals surface area (Å²) in [5.41, 5.74) is 5.18. The van der Waals surface area contributed by atoms with Crippen LogP contribution < -0.4 is 15.0 Å². The molecule has 0 unspecified atom stereocenters. The molecule has 0 spiro atoms. The van der Waals surface area contributed by atoms with E-state index in [9.17, 15) is 18.0 Å². The van der Waals surface area contributed by atoms with Gasteiger partial charge in [-0.2, -0.15) is 0 Å². The van der Waals surface area contributed by atoms with Crippen molar-refractivity contribution in [1.82, 2.24) is 14.7 Å². The van der Waals surface area contributed by atoms with E-state index in [2.05, 4.69) is 48.0 Å². The van der Waals surface area contributed by atoms with E-state index in [1.165, 1.54) is 12.1 Å². The van der Waals surface area contributed by atoms with Crippen molar-refractivity contribution in [3.8, 4) is 5.75 Å². The second kappa shape index (κ2) is 11.3. The van der Waals surface area contributed by atoms with Gasteiger partial charge in [0.25, 0.3) is 5.91 Å². The van der Waals surface area contributed by atoms with Crippen LogP contribution in [0.4, 0.5) is 18.9 Å². The Balaban J connectivity index is 1.16. The molecule has 1 saturated heterocycles. The van der Waals surface area contributed by atoms with Crippen LogP contribution in [0.25, 0.3) is 5.65 Å². The van der Waals surface area contributed by atoms with Gasteiger partial charge in [-0.25, -0.2) is 4.98 Å². The van der Waals surface area contributed by atoms with Crippen LogP contribution in [-0.2, 0) is 13.0 Å². The minimum absolute atomic E-state index is 0.165. The van der Waals surface area contributed by atoms with Crippen molar-refractivity contribution in [1.29, 1.82) is 0 Å². The van der Waals surface area contributed by atoms with Crippen molar-refractivity contribution in [3.05, 3.63) is 93.8 Å². The Bertz CT molecular complexity index is 1440. The molecule has 0 radical (unpaired) electrons. The maximum absolute atomic E-state index is 13.1. The lowest BCUT2D eigenvalue weighted by Gasteiger charge is -2.34. The van der Waals surface area contributed by atoms with E-state index in [-0.39, 0.29) is 11.7 Å². The van der Waals surface area contributed by atoms with Crippen LogP contribution in [0.3, 0.4) is 0 Å². The van der Waals surface area contributed by atoms with Gasteiger partial charge in [0, 0.05) is 36.0 Å². The predicted molar refractivity (Wildman–Crippen MR) is 147 cm³/mol. The number of hydrogen-bond donors (Lipinski definition) is 1. The lowest BCUT2D eigenvalue weighted by atomic mass is 9.89. The van der Waals surface area contributed by atoms with Gasteiger partial charge in [-0.1, -0.05) is 31.2 Å². The third-order valence-electron chi connectivity index (χ3n) is 7.04. The highest BCUT2D eigenvalue weighted by Crippen LogP contribution is 2.32. The number of aryl methyl sites for hydroxylation is 1. The monoisotopic (exact) mass is 600 g/mol. The molecule has 1 fully saturated rings. The number of anilines is 1. The van der Waals surface area contributed by atoms with E-state index in [1.807, 2.05) is 41.8 Å².